The van der Waals surface area contributed by atoms with Gasteiger partial charge in [-0.1, -0.05) is 23.9 Å². The molecule has 10 heteroatoms. The SMILES string of the molecule is CCn1c(SCC(=O)Nc2cccc([N+](=O)[O-])c2)nnc1C(C)Oc1cc(C)cc(C)c1. The summed E-state index contributed by atoms with van der Waals surface area (Å²) in [4.78, 5) is 22.7. The highest BCUT2D eigenvalue weighted by Crippen LogP contribution is 2.26. The molecule has 0 spiro atoms. The number of non-ortho nitro benzene ring substituents is 1. The predicted octanol–water partition coefficient (Wildman–Crippen LogP) is 4.69. The van der Waals surface area contributed by atoms with Crippen molar-refractivity contribution in [2.24, 2.45) is 0 Å². The van der Waals surface area contributed by atoms with Crippen LogP contribution in [0, 0.1) is 24.0 Å². The molecule has 1 unspecified atom stereocenters. The number of rotatable bonds is 9. The van der Waals surface area contributed by atoms with Gasteiger partial charge in [-0.3, -0.25) is 14.9 Å². The van der Waals surface area contributed by atoms with E-state index in [-0.39, 0.29) is 23.5 Å². The topological polar surface area (TPSA) is 112 Å². The molecule has 1 aromatic heterocycles. The molecule has 1 N–H and O–H groups in total. The van der Waals surface area contributed by atoms with Gasteiger partial charge in [0.25, 0.3) is 5.69 Å². The van der Waals surface area contributed by atoms with Crippen LogP contribution in [0.2, 0.25) is 0 Å². The van der Waals surface area contributed by atoms with Crippen molar-refractivity contribution in [3.8, 4) is 5.75 Å². The van der Waals surface area contributed by atoms with E-state index in [0.717, 1.165) is 16.9 Å². The van der Waals surface area contributed by atoms with Crippen LogP contribution in [0.1, 0.15) is 36.9 Å². The number of aryl methyl sites for hydroxylation is 2. The van der Waals surface area contributed by atoms with Crippen molar-refractivity contribution in [3.63, 3.8) is 0 Å². The van der Waals surface area contributed by atoms with Gasteiger partial charge >= 0.3 is 0 Å². The first kappa shape index (κ1) is 23.3. The number of nitro benzene ring substituents is 1. The summed E-state index contributed by atoms with van der Waals surface area (Å²) in [5.41, 5.74) is 2.53. The summed E-state index contributed by atoms with van der Waals surface area (Å²) < 4.78 is 8.00. The number of carbonyl (C=O) groups excluding carboxylic acids is 1. The molecule has 0 saturated heterocycles. The smallest absolute Gasteiger partial charge is 0.271 e. The molecule has 0 radical (unpaired) electrons. The van der Waals surface area contributed by atoms with E-state index in [1.54, 1.807) is 6.07 Å². The van der Waals surface area contributed by atoms with Crippen LogP contribution in [-0.4, -0.2) is 31.3 Å². The van der Waals surface area contributed by atoms with E-state index in [1.165, 1.54) is 30.0 Å². The largest absolute Gasteiger partial charge is 0.483 e. The Morgan fingerprint density at radius 3 is 2.59 bits per heavy atom. The number of anilines is 1. The Kier molecular flexibility index (Phi) is 7.47. The van der Waals surface area contributed by atoms with Crippen LogP contribution < -0.4 is 10.1 Å². The van der Waals surface area contributed by atoms with E-state index < -0.39 is 4.92 Å². The highest BCUT2D eigenvalue weighted by atomic mass is 32.2. The van der Waals surface area contributed by atoms with Gasteiger partial charge in [-0.2, -0.15) is 0 Å². The monoisotopic (exact) mass is 455 g/mol. The molecule has 3 rings (SSSR count). The molecule has 9 nitrogen and oxygen atoms in total. The Bertz CT molecular complexity index is 1110. The zero-order valence-electron chi connectivity index (χ0n) is 18.4. The molecule has 0 bridgehead atoms. The van der Waals surface area contributed by atoms with Crippen molar-refractivity contribution in [1.29, 1.82) is 0 Å². The lowest BCUT2D eigenvalue weighted by molar-refractivity contribution is -0.384. The number of thioether (sulfide) groups is 1. The second-order valence-electron chi connectivity index (χ2n) is 7.31. The van der Waals surface area contributed by atoms with E-state index in [9.17, 15) is 14.9 Å². The maximum atomic E-state index is 12.3. The van der Waals surface area contributed by atoms with E-state index in [0.29, 0.717) is 23.2 Å². The summed E-state index contributed by atoms with van der Waals surface area (Å²) >= 11 is 1.25. The third-order valence-corrected chi connectivity index (χ3v) is 5.57. The van der Waals surface area contributed by atoms with Crippen molar-refractivity contribution in [1.82, 2.24) is 14.8 Å². The molecule has 2 aromatic carbocycles. The summed E-state index contributed by atoms with van der Waals surface area (Å²) in [6.45, 7) is 8.55. The zero-order valence-corrected chi connectivity index (χ0v) is 19.2. The van der Waals surface area contributed by atoms with Crippen molar-refractivity contribution >= 4 is 29.0 Å². The second-order valence-corrected chi connectivity index (χ2v) is 8.26. The zero-order chi connectivity index (χ0) is 23.3. The number of amides is 1. The fraction of sp³-hybridized carbons (Fsp3) is 0.318. The third-order valence-electron chi connectivity index (χ3n) is 4.61. The average molecular weight is 456 g/mol. The molecular weight excluding hydrogens is 430 g/mol. The highest BCUT2D eigenvalue weighted by Gasteiger charge is 2.20. The molecule has 0 fully saturated rings. The van der Waals surface area contributed by atoms with Gasteiger partial charge in [0.1, 0.15) is 5.75 Å². The number of aromatic nitrogens is 3. The van der Waals surface area contributed by atoms with E-state index in [4.69, 9.17) is 4.74 Å². The number of nitrogens with one attached hydrogen (secondary N) is 1. The Morgan fingerprint density at radius 1 is 1.22 bits per heavy atom. The van der Waals surface area contributed by atoms with Crippen LogP contribution in [-0.2, 0) is 11.3 Å². The third kappa shape index (κ3) is 5.85. The molecule has 0 aliphatic heterocycles. The first-order valence-corrected chi connectivity index (χ1v) is 11.1. The standard InChI is InChI=1S/C22H25N5O4S/c1-5-26-21(16(4)31-19-10-14(2)9-15(3)11-19)24-25-22(26)32-13-20(28)23-17-7-6-8-18(12-17)27(29)30/h6-12,16H,5,13H2,1-4H3,(H,23,28). The first-order chi connectivity index (χ1) is 15.3. The van der Waals surface area contributed by atoms with Crippen molar-refractivity contribution in [2.75, 3.05) is 11.1 Å². The quantitative estimate of drug-likeness (QED) is 0.283. The Hall–Kier alpha value is -3.40. The minimum absolute atomic E-state index is 0.0800. The molecule has 1 amide bonds. The van der Waals surface area contributed by atoms with E-state index >= 15 is 0 Å². The van der Waals surface area contributed by atoms with Crippen LogP contribution in [0.15, 0.2) is 47.6 Å². The van der Waals surface area contributed by atoms with Crippen LogP contribution >= 0.6 is 11.8 Å². The maximum absolute atomic E-state index is 12.3. The first-order valence-electron chi connectivity index (χ1n) is 10.1. The lowest BCUT2D eigenvalue weighted by atomic mass is 10.1. The molecule has 3 aromatic rings. The molecular formula is C22H25N5O4S. The average Bonchev–Trinajstić information content (AvgIpc) is 3.14. The Morgan fingerprint density at radius 2 is 1.94 bits per heavy atom. The van der Waals surface area contributed by atoms with Gasteiger partial charge in [-0.05, 0) is 57.0 Å². The van der Waals surface area contributed by atoms with Gasteiger partial charge in [0.05, 0.1) is 10.7 Å². The van der Waals surface area contributed by atoms with Gasteiger partial charge in [0, 0.05) is 24.4 Å². The number of ether oxygens (including phenoxy) is 1. The minimum atomic E-state index is -0.503. The minimum Gasteiger partial charge on any atom is -0.483 e. The summed E-state index contributed by atoms with van der Waals surface area (Å²) in [7, 11) is 0. The summed E-state index contributed by atoms with van der Waals surface area (Å²) in [5, 5.41) is 22.7. The molecule has 0 aliphatic carbocycles. The van der Waals surface area contributed by atoms with Gasteiger partial charge < -0.3 is 14.6 Å². The number of nitrogens with zero attached hydrogens (tertiary/aromatic N) is 4. The fourth-order valence-corrected chi connectivity index (χ4v) is 4.10. The normalized spacial score (nSPS) is 11.8. The molecule has 32 heavy (non-hydrogen) atoms. The van der Waals surface area contributed by atoms with Crippen molar-refractivity contribution < 1.29 is 14.5 Å². The second kappa shape index (κ2) is 10.3. The van der Waals surface area contributed by atoms with Crippen LogP contribution in [0.4, 0.5) is 11.4 Å². The number of benzene rings is 2. The van der Waals surface area contributed by atoms with Crippen molar-refractivity contribution in [3.05, 3.63) is 69.5 Å². The maximum Gasteiger partial charge on any atom is 0.271 e. The van der Waals surface area contributed by atoms with Gasteiger partial charge in [-0.15, -0.1) is 10.2 Å². The van der Waals surface area contributed by atoms with Crippen molar-refractivity contribution in [2.45, 2.75) is 45.5 Å². The molecule has 168 valence electrons. The Balaban J connectivity index is 1.64. The van der Waals surface area contributed by atoms with E-state index in [1.807, 2.05) is 44.4 Å². The summed E-state index contributed by atoms with van der Waals surface area (Å²) in [6.07, 6.45) is -0.323. The van der Waals surface area contributed by atoms with Crippen LogP contribution in [0.3, 0.4) is 0 Å². The van der Waals surface area contributed by atoms with Crippen LogP contribution in [0.25, 0.3) is 0 Å². The summed E-state index contributed by atoms with van der Waals surface area (Å²) in [6, 6.07) is 11.9. The van der Waals surface area contributed by atoms with E-state index in [2.05, 4.69) is 21.6 Å². The molecule has 1 atom stereocenters. The fourth-order valence-electron chi connectivity index (χ4n) is 3.29. The van der Waals surface area contributed by atoms with Crippen LogP contribution in [0.5, 0.6) is 5.75 Å². The number of carbonyl (C=O) groups is 1. The van der Waals surface area contributed by atoms with Gasteiger partial charge in [0.2, 0.25) is 5.91 Å². The molecule has 0 aliphatic rings. The number of hydrogen-bond acceptors (Lipinski definition) is 7. The number of hydrogen-bond donors (Lipinski definition) is 1. The van der Waals surface area contributed by atoms with Gasteiger partial charge in [-0.25, -0.2) is 0 Å². The summed E-state index contributed by atoms with van der Waals surface area (Å²) in [5.74, 6) is 1.24. The Labute approximate surface area is 190 Å². The van der Waals surface area contributed by atoms with Gasteiger partial charge in [0.15, 0.2) is 17.1 Å². The lowest BCUT2D eigenvalue weighted by Crippen LogP contribution is -2.15. The molecule has 1 heterocycles. The molecule has 0 saturated carbocycles. The lowest BCUT2D eigenvalue weighted by Gasteiger charge is -2.16. The highest BCUT2D eigenvalue weighted by molar-refractivity contribution is 7.99. The number of nitro groups is 1. The predicted molar refractivity (Wildman–Crippen MR) is 123 cm³/mol.